The number of methoxy groups -OCH3 is 1. The number of nitrogens with zero attached hydrogens (tertiary/aromatic N) is 4. The molecule has 3 rings (SSSR count). The second-order valence-electron chi connectivity index (χ2n) is 5.83. The van der Waals surface area contributed by atoms with Crippen molar-refractivity contribution >= 4 is 5.91 Å². The molecule has 1 N–H and O–H groups in total. The lowest BCUT2D eigenvalue weighted by Gasteiger charge is -2.27. The summed E-state index contributed by atoms with van der Waals surface area (Å²) < 4.78 is 5.23. The van der Waals surface area contributed by atoms with Crippen LogP contribution in [-0.2, 0) is 4.74 Å². The standard InChI is InChI=1S/C19H19N5O3/c1-24(16(12-27-2)14-7-3-5-9-20-14)19(26)13-11-22-17(23-18(13)25)15-8-4-6-10-21-15/h3-11,16H,12H2,1-2H3,(H,22,23,25)/t16-/m1/s1. The quantitative estimate of drug-likeness (QED) is 0.713. The third-order valence-electron chi connectivity index (χ3n) is 4.08. The van der Waals surface area contributed by atoms with E-state index in [0.717, 1.165) is 0 Å². The maximum Gasteiger partial charge on any atom is 0.264 e. The van der Waals surface area contributed by atoms with Crippen molar-refractivity contribution in [1.82, 2.24) is 24.8 Å². The first-order chi connectivity index (χ1) is 13.1. The van der Waals surface area contributed by atoms with Crippen LogP contribution in [0.4, 0.5) is 0 Å². The van der Waals surface area contributed by atoms with Gasteiger partial charge in [0.05, 0.1) is 18.3 Å². The highest BCUT2D eigenvalue weighted by atomic mass is 16.5. The summed E-state index contributed by atoms with van der Waals surface area (Å²) in [5.41, 5.74) is 0.603. The second kappa shape index (κ2) is 8.33. The number of nitrogens with one attached hydrogen (secondary N) is 1. The van der Waals surface area contributed by atoms with Gasteiger partial charge < -0.3 is 14.6 Å². The van der Waals surface area contributed by atoms with Crippen molar-refractivity contribution in [2.45, 2.75) is 6.04 Å². The summed E-state index contributed by atoms with van der Waals surface area (Å²) in [5, 5.41) is 0. The van der Waals surface area contributed by atoms with E-state index in [4.69, 9.17) is 4.74 Å². The molecule has 0 aliphatic heterocycles. The topological polar surface area (TPSA) is 101 Å². The van der Waals surface area contributed by atoms with Crippen molar-refractivity contribution in [3.8, 4) is 11.5 Å². The lowest BCUT2D eigenvalue weighted by atomic mass is 10.1. The summed E-state index contributed by atoms with van der Waals surface area (Å²) in [7, 11) is 3.15. The number of aromatic nitrogens is 4. The zero-order chi connectivity index (χ0) is 19.2. The van der Waals surface area contributed by atoms with Crippen LogP contribution >= 0.6 is 0 Å². The van der Waals surface area contributed by atoms with E-state index in [2.05, 4.69) is 19.9 Å². The number of rotatable bonds is 6. The molecule has 1 atom stereocenters. The van der Waals surface area contributed by atoms with Crippen LogP contribution < -0.4 is 5.56 Å². The highest BCUT2D eigenvalue weighted by molar-refractivity contribution is 5.93. The van der Waals surface area contributed by atoms with Gasteiger partial charge in [0.2, 0.25) is 0 Å². The molecule has 3 aromatic rings. The Kier molecular flexibility index (Phi) is 5.68. The van der Waals surface area contributed by atoms with E-state index in [-0.39, 0.29) is 12.2 Å². The molecule has 0 fully saturated rings. The van der Waals surface area contributed by atoms with Crippen molar-refractivity contribution < 1.29 is 9.53 Å². The number of hydrogen-bond acceptors (Lipinski definition) is 6. The minimum atomic E-state index is -0.528. The van der Waals surface area contributed by atoms with Crippen LogP contribution in [0.3, 0.4) is 0 Å². The highest BCUT2D eigenvalue weighted by Crippen LogP contribution is 2.19. The third kappa shape index (κ3) is 4.06. The fourth-order valence-corrected chi connectivity index (χ4v) is 2.64. The molecule has 0 saturated heterocycles. The molecule has 8 heteroatoms. The number of carbonyl (C=O) groups is 1. The summed E-state index contributed by atoms with van der Waals surface area (Å²) in [4.78, 5) is 42.0. The molecule has 0 saturated carbocycles. The van der Waals surface area contributed by atoms with Gasteiger partial charge in [0.25, 0.3) is 11.5 Å². The predicted octanol–water partition coefficient (Wildman–Crippen LogP) is 1.69. The molecular weight excluding hydrogens is 346 g/mol. The lowest BCUT2D eigenvalue weighted by Crippen LogP contribution is -2.37. The van der Waals surface area contributed by atoms with E-state index < -0.39 is 17.5 Å². The second-order valence-corrected chi connectivity index (χ2v) is 5.83. The Balaban J connectivity index is 1.89. The van der Waals surface area contributed by atoms with Crippen LogP contribution in [0.5, 0.6) is 0 Å². The molecule has 0 spiro atoms. The minimum Gasteiger partial charge on any atom is -0.382 e. The monoisotopic (exact) mass is 365 g/mol. The average molecular weight is 365 g/mol. The Hall–Kier alpha value is -3.39. The summed E-state index contributed by atoms with van der Waals surface area (Å²) in [6.07, 6.45) is 4.51. The molecule has 0 radical (unpaired) electrons. The predicted molar refractivity (Wildman–Crippen MR) is 99.0 cm³/mol. The van der Waals surface area contributed by atoms with Gasteiger partial charge >= 0.3 is 0 Å². The van der Waals surface area contributed by atoms with Crippen LogP contribution in [-0.4, -0.2) is 51.5 Å². The van der Waals surface area contributed by atoms with Gasteiger partial charge in [0.1, 0.15) is 11.3 Å². The Labute approximate surface area is 155 Å². The van der Waals surface area contributed by atoms with Crippen molar-refractivity contribution in [2.75, 3.05) is 20.8 Å². The summed E-state index contributed by atoms with van der Waals surface area (Å²) >= 11 is 0. The Morgan fingerprint density at radius 2 is 1.89 bits per heavy atom. The van der Waals surface area contributed by atoms with Gasteiger partial charge in [-0.05, 0) is 24.3 Å². The van der Waals surface area contributed by atoms with Crippen molar-refractivity contribution in [2.24, 2.45) is 0 Å². The van der Waals surface area contributed by atoms with Gasteiger partial charge in [-0.3, -0.25) is 19.6 Å². The van der Waals surface area contributed by atoms with Gasteiger partial charge in [-0.15, -0.1) is 0 Å². The van der Waals surface area contributed by atoms with Gasteiger partial charge in [-0.1, -0.05) is 12.1 Å². The van der Waals surface area contributed by atoms with Gasteiger partial charge in [0.15, 0.2) is 5.82 Å². The van der Waals surface area contributed by atoms with Crippen molar-refractivity contribution in [3.63, 3.8) is 0 Å². The van der Waals surface area contributed by atoms with Gasteiger partial charge in [-0.25, -0.2) is 4.98 Å². The maximum atomic E-state index is 12.9. The molecule has 138 valence electrons. The molecular formula is C19H19N5O3. The highest BCUT2D eigenvalue weighted by Gasteiger charge is 2.26. The number of ether oxygens (including phenoxy) is 1. The van der Waals surface area contributed by atoms with E-state index in [1.165, 1.54) is 11.1 Å². The molecule has 0 aromatic carbocycles. The summed E-state index contributed by atoms with van der Waals surface area (Å²) in [6.45, 7) is 0.247. The molecule has 1 amide bonds. The molecule has 0 aliphatic carbocycles. The zero-order valence-electron chi connectivity index (χ0n) is 15.0. The number of aromatic amines is 1. The number of H-pyrrole nitrogens is 1. The fourth-order valence-electron chi connectivity index (χ4n) is 2.64. The molecule has 27 heavy (non-hydrogen) atoms. The van der Waals surface area contributed by atoms with Gasteiger partial charge in [-0.2, -0.15) is 0 Å². The molecule has 8 nitrogen and oxygen atoms in total. The summed E-state index contributed by atoms with van der Waals surface area (Å²) in [5.74, 6) is -0.165. The number of carbonyl (C=O) groups excluding carboxylic acids is 1. The van der Waals surface area contributed by atoms with Crippen LogP contribution in [0.1, 0.15) is 22.1 Å². The van der Waals surface area contributed by atoms with E-state index in [9.17, 15) is 9.59 Å². The van der Waals surface area contributed by atoms with Crippen molar-refractivity contribution in [1.29, 1.82) is 0 Å². The first-order valence-corrected chi connectivity index (χ1v) is 8.29. The van der Waals surface area contributed by atoms with Gasteiger partial charge in [0, 0.05) is 32.7 Å². The third-order valence-corrected chi connectivity index (χ3v) is 4.08. The van der Waals surface area contributed by atoms with E-state index >= 15 is 0 Å². The maximum absolute atomic E-state index is 12.9. The first kappa shape index (κ1) is 18.4. The van der Waals surface area contributed by atoms with Crippen LogP contribution in [0.2, 0.25) is 0 Å². The molecule has 3 heterocycles. The van der Waals surface area contributed by atoms with Crippen LogP contribution in [0.15, 0.2) is 59.8 Å². The van der Waals surface area contributed by atoms with E-state index in [0.29, 0.717) is 17.2 Å². The Bertz CT molecular complexity index is 960. The molecule has 0 bridgehead atoms. The fraction of sp³-hybridized carbons (Fsp3) is 0.211. The average Bonchev–Trinajstić information content (AvgIpc) is 2.72. The number of likely N-dealkylation sites (N-methyl/N-ethyl adjacent to an activating group) is 1. The summed E-state index contributed by atoms with van der Waals surface area (Å²) in [6, 6.07) is 10.3. The first-order valence-electron chi connectivity index (χ1n) is 8.29. The molecule has 0 unspecified atom stereocenters. The Morgan fingerprint density at radius 3 is 2.48 bits per heavy atom. The van der Waals surface area contributed by atoms with E-state index in [1.807, 2.05) is 6.07 Å². The Morgan fingerprint density at radius 1 is 1.15 bits per heavy atom. The molecule has 3 aromatic heterocycles. The number of amides is 1. The zero-order valence-corrected chi connectivity index (χ0v) is 15.0. The largest absolute Gasteiger partial charge is 0.382 e. The molecule has 0 aliphatic rings. The number of hydrogen-bond donors (Lipinski definition) is 1. The normalized spacial score (nSPS) is 11.8. The van der Waals surface area contributed by atoms with Crippen LogP contribution in [0, 0.1) is 0 Å². The smallest absolute Gasteiger partial charge is 0.264 e. The van der Waals surface area contributed by atoms with Crippen molar-refractivity contribution in [3.05, 3.63) is 76.6 Å². The lowest BCUT2D eigenvalue weighted by molar-refractivity contribution is 0.0593. The van der Waals surface area contributed by atoms with Crippen LogP contribution in [0.25, 0.3) is 11.5 Å². The SMILES string of the molecule is COC[C@H](c1ccccn1)N(C)C(=O)c1cnc(-c2ccccn2)[nH]c1=O. The van der Waals surface area contributed by atoms with E-state index in [1.54, 1.807) is 56.9 Å². The number of pyridine rings is 2. The minimum absolute atomic E-state index is 0.0609.